The molecule has 0 aliphatic heterocycles. The van der Waals surface area contributed by atoms with Crippen molar-refractivity contribution >= 4 is 29.1 Å². The van der Waals surface area contributed by atoms with E-state index in [-0.39, 0.29) is 5.97 Å². The predicted molar refractivity (Wildman–Crippen MR) is 132 cm³/mol. The van der Waals surface area contributed by atoms with Crippen LogP contribution in [0.25, 0.3) is 0 Å². The average Bonchev–Trinajstić information content (AvgIpc) is 2.85. The van der Waals surface area contributed by atoms with Crippen molar-refractivity contribution in [3.63, 3.8) is 0 Å². The number of carbonyl (C=O) groups is 1. The third-order valence-corrected chi connectivity index (χ3v) is 10.9. The van der Waals surface area contributed by atoms with Gasteiger partial charge >= 0.3 is 185 Å². The summed E-state index contributed by atoms with van der Waals surface area (Å²) in [7, 11) is -2.87. The van der Waals surface area contributed by atoms with Crippen molar-refractivity contribution in [1.82, 2.24) is 0 Å². The fourth-order valence-corrected chi connectivity index (χ4v) is 9.82. The molecule has 0 amide bonds. The van der Waals surface area contributed by atoms with Gasteiger partial charge in [-0.1, -0.05) is 0 Å². The summed E-state index contributed by atoms with van der Waals surface area (Å²) in [5.41, 5.74) is 0.574. The van der Waals surface area contributed by atoms with E-state index in [9.17, 15) is 4.79 Å². The summed E-state index contributed by atoms with van der Waals surface area (Å²) < 4.78 is 5.72. The van der Waals surface area contributed by atoms with Gasteiger partial charge in [0.1, 0.15) is 0 Å². The normalized spacial score (nSPS) is 12.7. The van der Waals surface area contributed by atoms with E-state index in [1.807, 2.05) is 43.3 Å². The summed E-state index contributed by atoms with van der Waals surface area (Å²) in [6.45, 7) is 2.22. The van der Waals surface area contributed by atoms with Crippen molar-refractivity contribution in [3.8, 4) is 0 Å². The van der Waals surface area contributed by atoms with Crippen molar-refractivity contribution in [2.45, 2.75) is 12.6 Å². The van der Waals surface area contributed by atoms with E-state index in [0.717, 1.165) is 5.56 Å². The van der Waals surface area contributed by atoms with Crippen molar-refractivity contribution in [2.75, 3.05) is 6.61 Å². The Kier molecular flexibility index (Phi) is 6.60. The van der Waals surface area contributed by atoms with Crippen LogP contribution in [0.5, 0.6) is 0 Å². The Labute approximate surface area is 184 Å². The Morgan fingerprint density at radius 2 is 1.00 bits per heavy atom. The van der Waals surface area contributed by atoms with Gasteiger partial charge < -0.3 is 0 Å². The molecule has 0 saturated heterocycles. The molecule has 4 aromatic rings. The fraction of sp³-hybridized carbons (Fsp3) is 0.107. The van der Waals surface area contributed by atoms with Crippen LogP contribution in [0.15, 0.2) is 121 Å². The van der Waals surface area contributed by atoms with Gasteiger partial charge in [-0.2, -0.15) is 0 Å². The van der Waals surface area contributed by atoms with Gasteiger partial charge in [-0.05, 0) is 0 Å². The van der Waals surface area contributed by atoms with Crippen LogP contribution in [0, 0.1) is 0 Å². The first-order valence-corrected chi connectivity index (χ1v) is 12.7. The minimum absolute atomic E-state index is 0.170. The molecule has 31 heavy (non-hydrogen) atoms. The van der Waals surface area contributed by atoms with Crippen molar-refractivity contribution < 1.29 is 9.53 Å². The summed E-state index contributed by atoms with van der Waals surface area (Å²) in [6.07, 6.45) is 0. The first-order chi connectivity index (χ1) is 15.3. The zero-order valence-electron chi connectivity index (χ0n) is 17.6. The number of benzene rings is 4. The summed E-state index contributed by atoms with van der Waals surface area (Å²) in [4.78, 5) is 13.7. The number of esters is 1. The first kappa shape index (κ1) is 21.0. The summed E-state index contributed by atoms with van der Waals surface area (Å²) >= 11 is 0. The number of ether oxygens (including phenoxy) is 1. The van der Waals surface area contributed by atoms with E-state index in [0.29, 0.717) is 6.61 Å². The molecule has 0 N–H and O–H groups in total. The third-order valence-electron chi connectivity index (χ3n) is 5.78. The molecule has 0 aliphatic carbocycles. The standard InChI is InChI=1S/C28H27O2P/c1-2-30-28(29)27(23-15-7-3-8-16-23)31(24-17-9-4-10-18-24,25-19-11-5-12-20-25)26-21-13-6-14-22-26/h3-22,27,31H,2H2,1H3. The number of hydrogen-bond donors (Lipinski definition) is 0. The number of rotatable bonds is 7. The van der Waals surface area contributed by atoms with Crippen LogP contribution >= 0.6 is 7.26 Å². The second-order valence-electron chi connectivity index (χ2n) is 7.50. The molecule has 0 fully saturated rings. The quantitative estimate of drug-likeness (QED) is 0.307. The van der Waals surface area contributed by atoms with Crippen LogP contribution in [0.2, 0.25) is 0 Å². The van der Waals surface area contributed by atoms with E-state index in [4.69, 9.17) is 4.74 Å². The summed E-state index contributed by atoms with van der Waals surface area (Å²) in [5.74, 6) is -0.170. The van der Waals surface area contributed by atoms with Gasteiger partial charge in [-0.25, -0.2) is 0 Å². The van der Waals surface area contributed by atoms with E-state index in [2.05, 4.69) is 84.9 Å². The Morgan fingerprint density at radius 3 is 1.35 bits per heavy atom. The summed E-state index contributed by atoms with van der Waals surface area (Å²) in [6, 6.07) is 41.6. The molecule has 0 radical (unpaired) electrons. The van der Waals surface area contributed by atoms with Gasteiger partial charge in [0.05, 0.1) is 0 Å². The topological polar surface area (TPSA) is 26.3 Å². The van der Waals surface area contributed by atoms with Gasteiger partial charge in [-0.3, -0.25) is 0 Å². The third kappa shape index (κ3) is 4.04. The molecular weight excluding hydrogens is 399 g/mol. The van der Waals surface area contributed by atoms with Crippen LogP contribution in [0.4, 0.5) is 0 Å². The molecule has 2 nitrogen and oxygen atoms in total. The molecule has 156 valence electrons. The fourth-order valence-electron chi connectivity index (χ4n) is 4.54. The van der Waals surface area contributed by atoms with Gasteiger partial charge in [0.25, 0.3) is 0 Å². The molecule has 4 rings (SSSR count). The molecular formula is C28H27O2P. The Bertz CT molecular complexity index is 1000. The van der Waals surface area contributed by atoms with Crippen molar-refractivity contribution in [3.05, 3.63) is 127 Å². The van der Waals surface area contributed by atoms with Gasteiger partial charge in [-0.15, -0.1) is 0 Å². The molecule has 0 heterocycles. The molecule has 0 spiro atoms. The molecule has 0 saturated carbocycles. The summed E-state index contributed by atoms with van der Waals surface area (Å²) in [5, 5.41) is 3.57. The van der Waals surface area contributed by atoms with Crippen molar-refractivity contribution in [1.29, 1.82) is 0 Å². The van der Waals surface area contributed by atoms with Gasteiger partial charge in [0.2, 0.25) is 0 Å². The monoisotopic (exact) mass is 426 g/mol. The van der Waals surface area contributed by atoms with Gasteiger partial charge in [0.15, 0.2) is 0 Å². The molecule has 1 unspecified atom stereocenters. The van der Waals surface area contributed by atoms with Crippen LogP contribution in [0.1, 0.15) is 18.1 Å². The van der Waals surface area contributed by atoms with Crippen LogP contribution in [-0.4, -0.2) is 12.6 Å². The molecule has 4 aromatic carbocycles. The van der Waals surface area contributed by atoms with Crippen LogP contribution in [-0.2, 0) is 9.53 Å². The van der Waals surface area contributed by atoms with Gasteiger partial charge in [0, 0.05) is 0 Å². The first-order valence-electron chi connectivity index (χ1n) is 10.7. The molecule has 0 bridgehead atoms. The van der Waals surface area contributed by atoms with E-state index >= 15 is 0 Å². The maximum atomic E-state index is 13.7. The number of hydrogen-bond acceptors (Lipinski definition) is 2. The van der Waals surface area contributed by atoms with Crippen LogP contribution < -0.4 is 15.9 Å². The predicted octanol–water partition coefficient (Wildman–Crippen LogP) is 5.02. The van der Waals surface area contributed by atoms with Crippen molar-refractivity contribution in [2.24, 2.45) is 0 Å². The molecule has 1 atom stereocenters. The minimum atomic E-state index is -2.87. The number of carbonyl (C=O) groups excluding carboxylic acids is 1. The second kappa shape index (κ2) is 9.73. The molecule has 3 heteroatoms. The van der Waals surface area contributed by atoms with E-state index in [1.54, 1.807) is 0 Å². The average molecular weight is 426 g/mol. The molecule has 0 aromatic heterocycles. The zero-order valence-corrected chi connectivity index (χ0v) is 18.6. The van der Waals surface area contributed by atoms with Crippen LogP contribution in [0.3, 0.4) is 0 Å². The Morgan fingerprint density at radius 1 is 0.645 bits per heavy atom. The maximum absolute atomic E-state index is 13.7. The Hall–Kier alpha value is -3.22. The Balaban J connectivity index is 2.13. The zero-order chi connectivity index (χ0) is 21.5. The van der Waals surface area contributed by atoms with E-state index in [1.165, 1.54) is 15.9 Å². The van der Waals surface area contributed by atoms with E-state index < -0.39 is 12.9 Å². The second-order valence-corrected chi connectivity index (χ2v) is 11.4. The SMILES string of the molecule is CCOC(=O)C(c1ccccc1)[PH](c1ccccc1)(c1ccccc1)c1ccccc1. The molecule has 0 aliphatic rings.